The predicted octanol–water partition coefficient (Wildman–Crippen LogP) is 4.01. The molecule has 3 heterocycles. The number of nitrogens with zero attached hydrogens (tertiary/aromatic N) is 2. The third-order valence-electron chi connectivity index (χ3n) is 7.86. The van der Waals surface area contributed by atoms with Crippen molar-refractivity contribution in [1.29, 1.82) is 0 Å². The van der Waals surface area contributed by atoms with Crippen LogP contribution < -0.4 is 25.0 Å². The summed E-state index contributed by atoms with van der Waals surface area (Å²) >= 11 is 7.81. The summed E-state index contributed by atoms with van der Waals surface area (Å²) in [5.74, 6) is 1.38. The first kappa shape index (κ1) is 27.6. The Balaban J connectivity index is 1.28. The molecule has 2 aromatic carbocycles. The monoisotopic (exact) mass is 570 g/mol. The molecule has 2 amide bonds. The van der Waals surface area contributed by atoms with Gasteiger partial charge in [0, 0.05) is 46.8 Å². The maximum atomic E-state index is 14.0. The number of piperidine rings is 1. The van der Waals surface area contributed by atoms with E-state index in [4.69, 9.17) is 21.1 Å². The summed E-state index contributed by atoms with van der Waals surface area (Å²) < 4.78 is 12.0. The van der Waals surface area contributed by atoms with E-state index in [0.29, 0.717) is 57.1 Å². The fourth-order valence-corrected chi connectivity index (χ4v) is 6.98. The number of halogens is 1. The van der Waals surface area contributed by atoms with Gasteiger partial charge in [0.1, 0.15) is 17.0 Å². The maximum Gasteiger partial charge on any atom is 0.248 e. The molecule has 3 aromatic rings. The summed E-state index contributed by atoms with van der Waals surface area (Å²) in [6.07, 6.45) is 1.40. The lowest BCUT2D eigenvalue weighted by atomic mass is 9.86. The first-order chi connectivity index (χ1) is 18.8. The summed E-state index contributed by atoms with van der Waals surface area (Å²) in [5.41, 5.74) is 1.16. The number of thiophene rings is 1. The zero-order valence-electron chi connectivity index (χ0n) is 22.6. The van der Waals surface area contributed by atoms with E-state index in [2.05, 4.69) is 15.5 Å². The summed E-state index contributed by atoms with van der Waals surface area (Å²) in [7, 11) is 3.28. The van der Waals surface area contributed by atoms with E-state index in [1.165, 1.54) is 0 Å². The van der Waals surface area contributed by atoms with Crippen molar-refractivity contribution in [2.75, 3.05) is 58.4 Å². The van der Waals surface area contributed by atoms with Gasteiger partial charge in [-0.3, -0.25) is 9.59 Å². The molecular formula is C29H35ClN4O4S. The number of hydrogen-bond donors (Lipinski definition) is 2. The van der Waals surface area contributed by atoms with Crippen LogP contribution in [-0.4, -0.2) is 75.7 Å². The van der Waals surface area contributed by atoms with Crippen molar-refractivity contribution < 1.29 is 19.1 Å². The molecule has 0 saturated carbocycles. The van der Waals surface area contributed by atoms with E-state index < -0.39 is 5.54 Å². The van der Waals surface area contributed by atoms with Crippen LogP contribution in [0.5, 0.6) is 11.5 Å². The number of anilines is 1. The van der Waals surface area contributed by atoms with Gasteiger partial charge in [0.2, 0.25) is 11.8 Å². The van der Waals surface area contributed by atoms with E-state index >= 15 is 0 Å². The van der Waals surface area contributed by atoms with Crippen LogP contribution in [0.15, 0.2) is 36.4 Å². The van der Waals surface area contributed by atoms with Crippen molar-refractivity contribution in [2.24, 2.45) is 0 Å². The maximum absolute atomic E-state index is 14.0. The van der Waals surface area contributed by atoms with Crippen LogP contribution in [-0.2, 0) is 16.0 Å². The molecule has 208 valence electrons. The molecule has 0 aliphatic carbocycles. The highest BCUT2D eigenvalue weighted by atomic mass is 35.5. The number of aryl methyl sites for hydroxylation is 1. The zero-order chi connectivity index (χ0) is 27.6. The second kappa shape index (κ2) is 11.6. The van der Waals surface area contributed by atoms with Gasteiger partial charge in [0.15, 0.2) is 0 Å². The smallest absolute Gasteiger partial charge is 0.248 e. The molecule has 0 atom stereocenters. The molecule has 0 unspecified atom stereocenters. The van der Waals surface area contributed by atoms with E-state index in [0.717, 1.165) is 37.7 Å². The van der Waals surface area contributed by atoms with Crippen LogP contribution in [0.3, 0.4) is 0 Å². The third-order valence-corrected chi connectivity index (χ3v) is 9.37. The van der Waals surface area contributed by atoms with Crippen LogP contribution in [0.4, 0.5) is 5.69 Å². The molecule has 2 saturated heterocycles. The number of amides is 2. The molecule has 8 nitrogen and oxygen atoms in total. The van der Waals surface area contributed by atoms with Gasteiger partial charge in [0.25, 0.3) is 0 Å². The van der Waals surface area contributed by atoms with E-state index in [1.54, 1.807) is 25.6 Å². The SMILES string of the molecule is COc1ccc(N2CCN(C(=O)C3(NC(=O)Cc4sc5ccc(Cl)cc5c4C)CCNCC3)CC2)c(OC)c1. The van der Waals surface area contributed by atoms with Gasteiger partial charge in [-0.25, -0.2) is 0 Å². The molecule has 2 aliphatic heterocycles. The Morgan fingerprint density at radius 1 is 1.05 bits per heavy atom. The third kappa shape index (κ3) is 5.66. The largest absolute Gasteiger partial charge is 0.497 e. The molecule has 39 heavy (non-hydrogen) atoms. The Morgan fingerprint density at radius 2 is 1.79 bits per heavy atom. The summed E-state index contributed by atoms with van der Waals surface area (Å²) in [6.45, 7) is 5.93. The van der Waals surface area contributed by atoms with Gasteiger partial charge < -0.3 is 29.9 Å². The Hall–Kier alpha value is -3.01. The molecule has 2 N–H and O–H groups in total. The standard InChI is InChI=1S/C29H35ClN4O4S/c1-19-22-16-20(30)4-7-25(22)39-26(19)18-27(35)32-29(8-10-31-11-9-29)28(36)34-14-12-33(13-15-34)23-6-5-21(37-2)17-24(23)38-3/h4-7,16-17,31H,8-15,18H2,1-3H3,(H,32,35). The first-order valence-electron chi connectivity index (χ1n) is 13.3. The Morgan fingerprint density at radius 3 is 2.49 bits per heavy atom. The summed E-state index contributed by atoms with van der Waals surface area (Å²) in [5, 5.41) is 8.30. The van der Waals surface area contributed by atoms with Gasteiger partial charge in [-0.15, -0.1) is 11.3 Å². The van der Waals surface area contributed by atoms with Crippen molar-refractivity contribution in [3.8, 4) is 11.5 Å². The molecule has 5 rings (SSSR count). The highest BCUT2D eigenvalue weighted by molar-refractivity contribution is 7.19. The summed E-state index contributed by atoms with van der Waals surface area (Å²) in [6, 6.07) is 11.6. The van der Waals surface area contributed by atoms with Crippen LogP contribution in [0, 0.1) is 6.92 Å². The molecule has 10 heteroatoms. The number of rotatable bonds is 7. The molecule has 2 aliphatic rings. The lowest BCUT2D eigenvalue weighted by Gasteiger charge is -2.44. The minimum Gasteiger partial charge on any atom is -0.497 e. The topological polar surface area (TPSA) is 83.1 Å². The lowest BCUT2D eigenvalue weighted by molar-refractivity contribution is -0.143. The Labute approximate surface area is 238 Å². The van der Waals surface area contributed by atoms with Crippen LogP contribution in [0.25, 0.3) is 10.1 Å². The number of benzene rings is 2. The van der Waals surface area contributed by atoms with E-state index in [9.17, 15) is 9.59 Å². The second-order valence-electron chi connectivity index (χ2n) is 10.2. The number of methoxy groups -OCH3 is 2. The number of hydrogen-bond acceptors (Lipinski definition) is 7. The Kier molecular flexibility index (Phi) is 8.21. The first-order valence-corrected chi connectivity index (χ1v) is 14.5. The van der Waals surface area contributed by atoms with Gasteiger partial charge in [-0.2, -0.15) is 0 Å². The van der Waals surface area contributed by atoms with Gasteiger partial charge in [0.05, 0.1) is 26.3 Å². The normalized spacial score (nSPS) is 17.2. The van der Waals surface area contributed by atoms with Gasteiger partial charge in [-0.1, -0.05) is 11.6 Å². The van der Waals surface area contributed by atoms with Crippen molar-refractivity contribution in [3.63, 3.8) is 0 Å². The van der Waals surface area contributed by atoms with E-state index in [1.807, 2.05) is 48.2 Å². The van der Waals surface area contributed by atoms with Gasteiger partial charge >= 0.3 is 0 Å². The van der Waals surface area contributed by atoms with Crippen LogP contribution in [0.1, 0.15) is 23.3 Å². The van der Waals surface area contributed by atoms with Gasteiger partial charge in [-0.05, 0) is 74.1 Å². The lowest BCUT2D eigenvalue weighted by Crippen LogP contribution is -2.65. The van der Waals surface area contributed by atoms with Crippen LogP contribution in [0.2, 0.25) is 5.02 Å². The van der Waals surface area contributed by atoms with E-state index in [-0.39, 0.29) is 18.2 Å². The average Bonchev–Trinajstić information content (AvgIpc) is 3.26. The number of carbonyl (C=O) groups is 2. The van der Waals surface area contributed by atoms with Crippen molar-refractivity contribution >= 4 is 50.5 Å². The molecule has 0 bridgehead atoms. The summed E-state index contributed by atoms with van der Waals surface area (Å²) in [4.78, 5) is 32.5. The molecular weight excluding hydrogens is 536 g/mol. The zero-order valence-corrected chi connectivity index (χ0v) is 24.2. The number of piperazine rings is 1. The predicted molar refractivity (Wildman–Crippen MR) is 157 cm³/mol. The minimum atomic E-state index is -0.893. The second-order valence-corrected chi connectivity index (χ2v) is 11.7. The number of nitrogens with one attached hydrogen (secondary N) is 2. The molecule has 2 fully saturated rings. The van der Waals surface area contributed by atoms with Crippen molar-refractivity contribution in [3.05, 3.63) is 51.9 Å². The average molecular weight is 571 g/mol. The number of fused-ring (bicyclic) bond motifs is 1. The number of ether oxygens (including phenoxy) is 2. The minimum absolute atomic E-state index is 0.0125. The molecule has 1 aromatic heterocycles. The molecule has 0 radical (unpaired) electrons. The van der Waals surface area contributed by atoms with Crippen molar-refractivity contribution in [1.82, 2.24) is 15.5 Å². The Bertz CT molecular complexity index is 1360. The fraction of sp³-hybridized carbons (Fsp3) is 0.448. The fourth-order valence-electron chi connectivity index (χ4n) is 5.61. The number of carbonyl (C=O) groups excluding carboxylic acids is 2. The molecule has 0 spiro atoms. The van der Waals surface area contributed by atoms with Crippen LogP contribution >= 0.6 is 22.9 Å². The van der Waals surface area contributed by atoms with Crippen molar-refractivity contribution in [2.45, 2.75) is 31.7 Å². The highest BCUT2D eigenvalue weighted by Gasteiger charge is 2.44. The highest BCUT2D eigenvalue weighted by Crippen LogP contribution is 2.35. The quantitative estimate of drug-likeness (QED) is 0.447.